The molecule has 1 aromatic heterocycles. The minimum Gasteiger partial charge on any atom is -0.440 e. The van der Waals surface area contributed by atoms with E-state index < -0.39 is 0 Å². The fourth-order valence-corrected chi connectivity index (χ4v) is 2.29. The van der Waals surface area contributed by atoms with Gasteiger partial charge in [0, 0.05) is 6.54 Å². The number of furan rings is 1. The number of rotatable bonds is 5. The van der Waals surface area contributed by atoms with Gasteiger partial charge in [-0.1, -0.05) is 19.3 Å². The maximum atomic E-state index is 11.6. The molecule has 18 heavy (non-hydrogen) atoms. The molecule has 1 fully saturated rings. The van der Waals surface area contributed by atoms with Crippen LogP contribution >= 0.6 is 11.6 Å². The van der Waals surface area contributed by atoms with Crippen molar-refractivity contribution in [2.24, 2.45) is 0 Å². The summed E-state index contributed by atoms with van der Waals surface area (Å²) in [6.45, 7) is 1.04. The number of hydrogen-bond donors (Lipinski definition) is 1. The van der Waals surface area contributed by atoms with Gasteiger partial charge in [0.25, 0.3) is 5.91 Å². The largest absolute Gasteiger partial charge is 0.440 e. The Kier molecular flexibility index (Phi) is 5.08. The van der Waals surface area contributed by atoms with Crippen molar-refractivity contribution in [2.45, 2.75) is 38.2 Å². The van der Waals surface area contributed by atoms with Crippen molar-refractivity contribution >= 4 is 17.5 Å². The highest BCUT2D eigenvalue weighted by molar-refractivity contribution is 6.29. The number of carbonyl (C=O) groups excluding carboxylic acids is 1. The zero-order chi connectivity index (χ0) is 12.8. The maximum absolute atomic E-state index is 11.6. The third kappa shape index (κ3) is 4.03. The lowest BCUT2D eigenvalue weighted by Gasteiger charge is -2.21. The molecule has 4 nitrogen and oxygen atoms in total. The fraction of sp³-hybridized carbons (Fsp3) is 0.615. The molecule has 1 amide bonds. The third-order valence-corrected chi connectivity index (χ3v) is 3.29. The van der Waals surface area contributed by atoms with Crippen LogP contribution in [0.1, 0.15) is 42.7 Å². The zero-order valence-corrected chi connectivity index (χ0v) is 11.0. The molecule has 100 valence electrons. The summed E-state index contributed by atoms with van der Waals surface area (Å²) in [6, 6.07) is 3.11. The van der Waals surface area contributed by atoms with Crippen molar-refractivity contribution in [2.75, 3.05) is 13.2 Å². The Labute approximate surface area is 112 Å². The van der Waals surface area contributed by atoms with Crippen molar-refractivity contribution < 1.29 is 13.9 Å². The first-order valence-electron chi connectivity index (χ1n) is 6.41. The average molecular weight is 272 g/mol. The van der Waals surface area contributed by atoms with Gasteiger partial charge in [-0.3, -0.25) is 4.79 Å². The van der Waals surface area contributed by atoms with Gasteiger partial charge in [0.2, 0.25) is 0 Å². The summed E-state index contributed by atoms with van der Waals surface area (Å²) in [5.41, 5.74) is 0. The van der Waals surface area contributed by atoms with E-state index in [4.69, 9.17) is 20.8 Å². The van der Waals surface area contributed by atoms with E-state index in [2.05, 4.69) is 5.32 Å². The lowest BCUT2D eigenvalue weighted by Crippen LogP contribution is -2.29. The van der Waals surface area contributed by atoms with Gasteiger partial charge < -0.3 is 14.5 Å². The van der Waals surface area contributed by atoms with E-state index in [1.807, 2.05) is 0 Å². The normalized spacial score (nSPS) is 16.7. The molecular weight excluding hydrogens is 254 g/mol. The van der Waals surface area contributed by atoms with Crippen LogP contribution in [0.5, 0.6) is 0 Å². The van der Waals surface area contributed by atoms with Crippen LogP contribution in [-0.4, -0.2) is 25.2 Å². The quantitative estimate of drug-likeness (QED) is 0.838. The molecule has 1 N–H and O–H groups in total. The van der Waals surface area contributed by atoms with Gasteiger partial charge in [-0.15, -0.1) is 0 Å². The summed E-state index contributed by atoms with van der Waals surface area (Å²) in [6.07, 6.45) is 6.47. The topological polar surface area (TPSA) is 51.5 Å². The standard InChI is InChI=1S/C13H18ClNO3/c14-12-7-6-11(18-12)13(16)15-8-9-17-10-4-2-1-3-5-10/h6-7,10H,1-5,8-9H2,(H,15,16). The Morgan fingerprint density at radius 2 is 2.17 bits per heavy atom. The third-order valence-electron chi connectivity index (χ3n) is 3.09. The highest BCUT2D eigenvalue weighted by atomic mass is 35.5. The Hall–Kier alpha value is -1.00. The van der Waals surface area contributed by atoms with Crippen LogP contribution in [0.3, 0.4) is 0 Å². The van der Waals surface area contributed by atoms with Crippen molar-refractivity contribution in [1.82, 2.24) is 5.32 Å². The first kappa shape index (κ1) is 13.4. The monoisotopic (exact) mass is 271 g/mol. The van der Waals surface area contributed by atoms with Crippen LogP contribution in [0.15, 0.2) is 16.5 Å². The molecule has 0 radical (unpaired) electrons. The molecule has 0 aromatic carbocycles. The van der Waals surface area contributed by atoms with E-state index in [0.29, 0.717) is 19.3 Å². The predicted molar refractivity (Wildman–Crippen MR) is 68.9 cm³/mol. The molecule has 1 aliphatic carbocycles. The van der Waals surface area contributed by atoms with Gasteiger partial charge in [-0.2, -0.15) is 0 Å². The lowest BCUT2D eigenvalue weighted by molar-refractivity contribution is 0.0298. The minimum absolute atomic E-state index is 0.221. The summed E-state index contributed by atoms with van der Waals surface area (Å²) >= 11 is 5.60. The number of carbonyl (C=O) groups is 1. The van der Waals surface area contributed by atoms with Crippen LogP contribution in [-0.2, 0) is 4.74 Å². The molecule has 0 unspecified atom stereocenters. The highest BCUT2D eigenvalue weighted by Gasteiger charge is 2.14. The number of ether oxygens (including phenoxy) is 1. The molecule has 1 aliphatic rings. The van der Waals surface area contributed by atoms with Gasteiger partial charge in [-0.25, -0.2) is 0 Å². The minimum atomic E-state index is -0.255. The molecule has 0 saturated heterocycles. The molecule has 1 heterocycles. The fourth-order valence-electron chi connectivity index (χ4n) is 2.15. The molecule has 0 aliphatic heterocycles. The molecule has 1 saturated carbocycles. The second-order valence-corrected chi connectivity index (χ2v) is 4.86. The van der Waals surface area contributed by atoms with Gasteiger partial charge in [0.15, 0.2) is 11.0 Å². The highest BCUT2D eigenvalue weighted by Crippen LogP contribution is 2.19. The summed E-state index contributed by atoms with van der Waals surface area (Å²) in [7, 11) is 0. The first-order chi connectivity index (χ1) is 8.75. The Bertz CT molecular complexity index is 385. The summed E-state index contributed by atoms with van der Waals surface area (Å²) < 4.78 is 10.7. The van der Waals surface area contributed by atoms with Crippen LogP contribution in [0.2, 0.25) is 5.22 Å². The maximum Gasteiger partial charge on any atom is 0.287 e. The molecule has 5 heteroatoms. The molecule has 0 bridgehead atoms. The van der Waals surface area contributed by atoms with Crippen molar-refractivity contribution in [3.8, 4) is 0 Å². The van der Waals surface area contributed by atoms with E-state index in [-0.39, 0.29) is 16.9 Å². The Morgan fingerprint density at radius 1 is 1.39 bits per heavy atom. The second kappa shape index (κ2) is 6.81. The van der Waals surface area contributed by atoms with E-state index in [0.717, 1.165) is 12.8 Å². The van der Waals surface area contributed by atoms with Crippen molar-refractivity contribution in [3.05, 3.63) is 23.1 Å². The lowest BCUT2D eigenvalue weighted by atomic mass is 9.98. The molecule has 2 rings (SSSR count). The smallest absolute Gasteiger partial charge is 0.287 e. The molecule has 0 spiro atoms. The average Bonchev–Trinajstić information content (AvgIpc) is 2.82. The predicted octanol–water partition coefficient (Wildman–Crippen LogP) is 3.01. The number of nitrogens with one attached hydrogen (secondary N) is 1. The number of halogens is 1. The van der Waals surface area contributed by atoms with Gasteiger partial charge in [-0.05, 0) is 36.6 Å². The number of amides is 1. The Morgan fingerprint density at radius 3 is 2.83 bits per heavy atom. The summed E-state index contributed by atoms with van der Waals surface area (Å²) in [5, 5.41) is 2.96. The van der Waals surface area contributed by atoms with E-state index in [1.165, 1.54) is 19.3 Å². The van der Waals surface area contributed by atoms with Gasteiger partial charge >= 0.3 is 0 Å². The molecular formula is C13H18ClNO3. The second-order valence-electron chi connectivity index (χ2n) is 4.49. The molecule has 0 atom stereocenters. The summed E-state index contributed by atoms with van der Waals surface area (Å²) in [4.78, 5) is 11.6. The van der Waals surface area contributed by atoms with Crippen molar-refractivity contribution in [1.29, 1.82) is 0 Å². The van der Waals surface area contributed by atoms with Crippen LogP contribution < -0.4 is 5.32 Å². The van der Waals surface area contributed by atoms with Gasteiger partial charge in [0.1, 0.15) is 0 Å². The first-order valence-corrected chi connectivity index (χ1v) is 6.78. The van der Waals surface area contributed by atoms with E-state index in [9.17, 15) is 4.79 Å². The summed E-state index contributed by atoms with van der Waals surface area (Å²) in [5.74, 6) is -0.0215. The van der Waals surface area contributed by atoms with Crippen molar-refractivity contribution in [3.63, 3.8) is 0 Å². The number of hydrogen-bond acceptors (Lipinski definition) is 3. The SMILES string of the molecule is O=C(NCCOC1CCCCC1)c1ccc(Cl)o1. The molecule has 1 aromatic rings. The Balaban J connectivity index is 1.61. The van der Waals surface area contributed by atoms with E-state index >= 15 is 0 Å². The van der Waals surface area contributed by atoms with Crippen LogP contribution in [0.4, 0.5) is 0 Å². The van der Waals surface area contributed by atoms with Gasteiger partial charge in [0.05, 0.1) is 12.7 Å². The van der Waals surface area contributed by atoms with Crippen LogP contribution in [0, 0.1) is 0 Å². The zero-order valence-electron chi connectivity index (χ0n) is 10.3. The van der Waals surface area contributed by atoms with E-state index in [1.54, 1.807) is 12.1 Å². The van der Waals surface area contributed by atoms with Crippen LogP contribution in [0.25, 0.3) is 0 Å².